The zero-order valence-corrected chi connectivity index (χ0v) is 12.1. The summed E-state index contributed by atoms with van der Waals surface area (Å²) in [4.78, 5) is 11.5. The van der Waals surface area contributed by atoms with Gasteiger partial charge in [-0.3, -0.25) is 0 Å². The highest BCUT2D eigenvalue weighted by molar-refractivity contribution is 5.64. The molecule has 0 fully saturated rings. The molecule has 1 unspecified atom stereocenters. The van der Waals surface area contributed by atoms with E-state index in [1.807, 2.05) is 48.5 Å². The number of carbonyl (C=O) groups is 1. The summed E-state index contributed by atoms with van der Waals surface area (Å²) in [5.74, 6) is 0. The molecule has 4 heteroatoms. The molecule has 0 aliphatic heterocycles. The molecule has 110 valence electrons. The third kappa shape index (κ3) is 3.97. The van der Waals surface area contributed by atoms with Crippen molar-refractivity contribution in [1.29, 1.82) is 5.26 Å². The predicted molar refractivity (Wildman–Crippen MR) is 82.7 cm³/mol. The second-order valence-corrected chi connectivity index (χ2v) is 4.48. The molecule has 2 aromatic carbocycles. The van der Waals surface area contributed by atoms with Gasteiger partial charge in [0.25, 0.3) is 0 Å². The molecular weight excluding hydrogens is 278 g/mol. The van der Waals surface area contributed by atoms with Crippen LogP contribution >= 0.6 is 0 Å². The van der Waals surface area contributed by atoms with Gasteiger partial charge in [-0.05, 0) is 17.2 Å². The number of nitriles is 1. The molecule has 0 aromatic heterocycles. The van der Waals surface area contributed by atoms with Gasteiger partial charge in [0.05, 0.1) is 18.8 Å². The van der Waals surface area contributed by atoms with Crippen LogP contribution in [0.2, 0.25) is 0 Å². The van der Waals surface area contributed by atoms with Crippen molar-refractivity contribution in [2.45, 2.75) is 6.10 Å². The summed E-state index contributed by atoms with van der Waals surface area (Å²) in [5, 5.41) is 9.45. The van der Waals surface area contributed by atoms with Gasteiger partial charge in [0.15, 0.2) is 6.10 Å². The Kier molecular flexibility index (Phi) is 5.33. The Morgan fingerprint density at radius 3 is 2.23 bits per heavy atom. The van der Waals surface area contributed by atoms with Crippen LogP contribution in [0, 0.1) is 11.3 Å². The van der Waals surface area contributed by atoms with Gasteiger partial charge in [-0.15, -0.1) is 0 Å². The van der Waals surface area contributed by atoms with Crippen LogP contribution in [0.1, 0.15) is 17.2 Å². The van der Waals surface area contributed by atoms with Crippen molar-refractivity contribution >= 4 is 12.2 Å². The molecule has 0 spiro atoms. The summed E-state index contributed by atoms with van der Waals surface area (Å²) in [6.07, 6.45) is 0.0579. The van der Waals surface area contributed by atoms with E-state index in [1.54, 1.807) is 18.2 Å². The molecule has 1 atom stereocenters. The number of hydrogen-bond donors (Lipinski definition) is 0. The highest BCUT2D eigenvalue weighted by atomic mass is 16.7. The third-order valence-corrected chi connectivity index (χ3v) is 3.02. The van der Waals surface area contributed by atoms with E-state index < -0.39 is 12.3 Å². The van der Waals surface area contributed by atoms with E-state index >= 15 is 0 Å². The van der Waals surface area contributed by atoms with Gasteiger partial charge in [0, 0.05) is 0 Å². The van der Waals surface area contributed by atoms with Crippen molar-refractivity contribution < 1.29 is 14.3 Å². The smallest absolute Gasteiger partial charge is 0.438 e. The van der Waals surface area contributed by atoms with Crippen molar-refractivity contribution in [3.8, 4) is 6.07 Å². The first kappa shape index (κ1) is 15.3. The molecule has 2 aromatic rings. The van der Waals surface area contributed by atoms with Gasteiger partial charge >= 0.3 is 6.16 Å². The molecule has 2 rings (SSSR count). The second kappa shape index (κ2) is 7.65. The van der Waals surface area contributed by atoms with Crippen molar-refractivity contribution in [2.24, 2.45) is 0 Å². The van der Waals surface area contributed by atoms with Gasteiger partial charge < -0.3 is 9.47 Å². The molecule has 0 saturated carbocycles. The third-order valence-electron chi connectivity index (χ3n) is 3.02. The van der Waals surface area contributed by atoms with Gasteiger partial charge in [-0.2, -0.15) is 5.26 Å². The first-order valence-corrected chi connectivity index (χ1v) is 6.71. The summed E-state index contributed by atoms with van der Waals surface area (Å²) in [6, 6.07) is 20.6. The fourth-order valence-electron chi connectivity index (χ4n) is 1.98. The van der Waals surface area contributed by atoms with E-state index in [1.165, 1.54) is 7.11 Å². The zero-order chi connectivity index (χ0) is 15.8. The maximum Gasteiger partial charge on any atom is 0.508 e. The number of carbonyl (C=O) groups excluding carboxylic acids is 1. The lowest BCUT2D eigenvalue weighted by Gasteiger charge is -2.16. The summed E-state index contributed by atoms with van der Waals surface area (Å²) >= 11 is 0. The molecular formula is C18H15NO3. The van der Waals surface area contributed by atoms with Gasteiger partial charge in [0.1, 0.15) is 0 Å². The minimum Gasteiger partial charge on any atom is -0.438 e. The number of nitrogens with zero attached hydrogens (tertiary/aromatic N) is 1. The lowest BCUT2D eigenvalue weighted by Crippen LogP contribution is -2.13. The molecule has 0 bridgehead atoms. The SMILES string of the molecule is COC(=O)OC(/C(C#N)=C/c1ccccc1)c1ccccc1. The molecule has 4 nitrogen and oxygen atoms in total. The Morgan fingerprint density at radius 1 is 1.09 bits per heavy atom. The molecule has 22 heavy (non-hydrogen) atoms. The van der Waals surface area contributed by atoms with Crippen LogP contribution in [-0.2, 0) is 9.47 Å². The van der Waals surface area contributed by atoms with E-state index in [0.717, 1.165) is 5.56 Å². The largest absolute Gasteiger partial charge is 0.508 e. The first-order valence-electron chi connectivity index (χ1n) is 6.71. The van der Waals surface area contributed by atoms with Crippen LogP contribution in [0.3, 0.4) is 0 Å². The number of ether oxygens (including phenoxy) is 2. The minimum absolute atomic E-state index is 0.322. The van der Waals surface area contributed by atoms with E-state index in [2.05, 4.69) is 10.8 Å². The highest BCUT2D eigenvalue weighted by Crippen LogP contribution is 2.27. The molecule has 0 amide bonds. The summed E-state index contributed by atoms with van der Waals surface area (Å²) < 4.78 is 9.81. The molecule has 0 saturated heterocycles. The number of hydrogen-bond acceptors (Lipinski definition) is 4. The van der Waals surface area contributed by atoms with Crippen molar-refractivity contribution in [3.05, 3.63) is 77.4 Å². The highest BCUT2D eigenvalue weighted by Gasteiger charge is 2.21. The molecule has 0 N–H and O–H groups in total. The van der Waals surface area contributed by atoms with Crippen LogP contribution in [0.25, 0.3) is 6.08 Å². The van der Waals surface area contributed by atoms with E-state index in [0.29, 0.717) is 11.1 Å². The van der Waals surface area contributed by atoms with Gasteiger partial charge in [-0.25, -0.2) is 4.79 Å². The Hall–Kier alpha value is -3.06. The van der Waals surface area contributed by atoms with E-state index in [9.17, 15) is 10.1 Å². The van der Waals surface area contributed by atoms with Crippen LogP contribution in [0.4, 0.5) is 4.79 Å². The van der Waals surface area contributed by atoms with Gasteiger partial charge in [-0.1, -0.05) is 60.7 Å². The minimum atomic E-state index is -0.830. The van der Waals surface area contributed by atoms with E-state index in [4.69, 9.17) is 4.74 Å². The summed E-state index contributed by atoms with van der Waals surface area (Å²) in [5.41, 5.74) is 1.88. The van der Waals surface area contributed by atoms with Crippen molar-refractivity contribution in [3.63, 3.8) is 0 Å². The Morgan fingerprint density at radius 2 is 1.68 bits per heavy atom. The topological polar surface area (TPSA) is 59.3 Å². The first-order chi connectivity index (χ1) is 10.7. The maximum absolute atomic E-state index is 11.5. The second-order valence-electron chi connectivity index (χ2n) is 4.48. The van der Waals surface area contributed by atoms with E-state index in [-0.39, 0.29) is 0 Å². The Bertz CT molecular complexity index is 687. The average molecular weight is 293 g/mol. The Balaban J connectivity index is 2.40. The van der Waals surface area contributed by atoms with Crippen molar-refractivity contribution in [1.82, 2.24) is 0 Å². The zero-order valence-electron chi connectivity index (χ0n) is 12.1. The molecule has 0 radical (unpaired) electrons. The van der Waals surface area contributed by atoms with Crippen molar-refractivity contribution in [2.75, 3.05) is 7.11 Å². The predicted octanol–water partition coefficient (Wildman–Crippen LogP) is 4.12. The lowest BCUT2D eigenvalue weighted by atomic mass is 10.00. The number of methoxy groups -OCH3 is 1. The number of benzene rings is 2. The quantitative estimate of drug-likeness (QED) is 0.628. The monoisotopic (exact) mass is 293 g/mol. The fraction of sp³-hybridized carbons (Fsp3) is 0.111. The van der Waals surface area contributed by atoms with Crippen LogP contribution in [0.5, 0.6) is 0 Å². The fourth-order valence-corrected chi connectivity index (χ4v) is 1.98. The van der Waals surface area contributed by atoms with Crippen LogP contribution < -0.4 is 0 Å². The maximum atomic E-state index is 11.5. The average Bonchev–Trinajstić information content (AvgIpc) is 2.59. The van der Waals surface area contributed by atoms with Crippen LogP contribution in [-0.4, -0.2) is 13.3 Å². The summed E-state index contributed by atoms with van der Waals surface area (Å²) in [7, 11) is 1.23. The standard InChI is InChI=1S/C18H15NO3/c1-21-18(20)22-17(15-10-6-3-7-11-15)16(13-19)12-14-8-4-2-5-9-14/h2-12,17H,1H3/b16-12+. The molecule has 0 aliphatic rings. The Labute approximate surface area is 129 Å². The normalized spacial score (nSPS) is 12.1. The summed E-state index contributed by atoms with van der Waals surface area (Å²) in [6.45, 7) is 0. The molecule has 0 aliphatic carbocycles. The molecule has 0 heterocycles. The number of rotatable bonds is 4. The van der Waals surface area contributed by atoms with Gasteiger partial charge in [0.2, 0.25) is 0 Å². The lowest BCUT2D eigenvalue weighted by molar-refractivity contribution is 0.0501. The van der Waals surface area contributed by atoms with Crippen LogP contribution in [0.15, 0.2) is 66.2 Å².